The second kappa shape index (κ2) is 10.1. The largest absolute Gasteiger partial charge is 0.378 e. The molecule has 1 aromatic carbocycles. The molecule has 0 bridgehead atoms. The Labute approximate surface area is 159 Å². The molecule has 1 N–H and O–H groups in total. The van der Waals surface area contributed by atoms with Crippen molar-refractivity contribution >= 4 is 0 Å². The molecule has 1 aliphatic carbocycles. The van der Waals surface area contributed by atoms with Crippen LogP contribution in [-0.4, -0.2) is 10.7 Å². The molecule has 0 spiro atoms. The fraction of sp³-hybridized carbons (Fsp3) is 0.667. The average Bonchev–Trinajstić information content (AvgIpc) is 2.59. The van der Waals surface area contributed by atoms with Gasteiger partial charge in [-0.2, -0.15) is 0 Å². The molecule has 0 saturated heterocycles. The van der Waals surface area contributed by atoms with Crippen molar-refractivity contribution in [3.05, 3.63) is 35.1 Å². The Morgan fingerprint density at radius 1 is 1.08 bits per heavy atom. The van der Waals surface area contributed by atoms with Gasteiger partial charge in [0.25, 0.3) is 0 Å². The maximum atomic E-state index is 14.2. The number of benzene rings is 1. The molecule has 1 saturated carbocycles. The van der Waals surface area contributed by atoms with Gasteiger partial charge in [0, 0.05) is 0 Å². The topological polar surface area (TPSA) is 20.2 Å². The maximum absolute atomic E-state index is 14.2. The summed E-state index contributed by atoms with van der Waals surface area (Å²) in [7, 11) is 0. The minimum absolute atomic E-state index is 0.279. The van der Waals surface area contributed by atoms with Crippen LogP contribution >= 0.6 is 0 Å². The second-order valence-electron chi connectivity index (χ2n) is 8.54. The predicted octanol–water partition coefficient (Wildman–Crippen LogP) is 6.27. The molecule has 0 heterocycles. The fourth-order valence-corrected chi connectivity index (χ4v) is 3.90. The molecule has 1 aromatic rings. The Kier molecular flexibility index (Phi) is 8.16. The van der Waals surface area contributed by atoms with Crippen LogP contribution in [0.2, 0.25) is 0 Å². The van der Waals surface area contributed by atoms with E-state index in [0.29, 0.717) is 5.56 Å². The highest BCUT2D eigenvalue weighted by Gasteiger charge is 2.20. The number of halogens is 1. The first kappa shape index (κ1) is 21.0. The summed E-state index contributed by atoms with van der Waals surface area (Å²) in [6, 6.07) is 5.34. The Balaban J connectivity index is 1.78. The van der Waals surface area contributed by atoms with E-state index in [-0.39, 0.29) is 5.82 Å². The molecule has 1 nitrogen and oxygen atoms in total. The zero-order valence-corrected chi connectivity index (χ0v) is 16.8. The van der Waals surface area contributed by atoms with E-state index >= 15 is 0 Å². The summed E-state index contributed by atoms with van der Waals surface area (Å²) in [6.07, 6.45) is 13.1. The molecule has 1 fully saturated rings. The van der Waals surface area contributed by atoms with Crippen LogP contribution in [0.5, 0.6) is 0 Å². The van der Waals surface area contributed by atoms with Gasteiger partial charge in [0.2, 0.25) is 0 Å². The van der Waals surface area contributed by atoms with Crippen molar-refractivity contribution in [1.82, 2.24) is 0 Å². The third-order valence-corrected chi connectivity index (χ3v) is 5.56. The summed E-state index contributed by atoms with van der Waals surface area (Å²) in [4.78, 5) is 0. The Morgan fingerprint density at radius 3 is 2.31 bits per heavy atom. The first-order chi connectivity index (χ1) is 12.4. The van der Waals surface area contributed by atoms with Crippen LogP contribution in [0, 0.1) is 29.5 Å². The van der Waals surface area contributed by atoms with Gasteiger partial charge in [-0.05, 0) is 56.2 Å². The van der Waals surface area contributed by atoms with Crippen molar-refractivity contribution in [2.75, 3.05) is 0 Å². The summed E-state index contributed by atoms with van der Waals surface area (Å²) in [5, 5.41) is 9.64. The Morgan fingerprint density at radius 2 is 1.73 bits per heavy atom. The minimum Gasteiger partial charge on any atom is -0.378 e. The van der Waals surface area contributed by atoms with Crippen LogP contribution in [0.25, 0.3) is 0 Å². The molecule has 2 heteroatoms. The van der Waals surface area contributed by atoms with Gasteiger partial charge >= 0.3 is 0 Å². The number of unbranched alkanes of at least 4 members (excludes halogenated alkanes) is 2. The lowest BCUT2D eigenvalue weighted by Gasteiger charge is -2.28. The molecule has 26 heavy (non-hydrogen) atoms. The fourth-order valence-electron chi connectivity index (χ4n) is 3.90. The smallest absolute Gasteiger partial charge is 0.139 e. The number of rotatable bonds is 7. The summed E-state index contributed by atoms with van der Waals surface area (Å²) < 4.78 is 14.2. The minimum atomic E-state index is -1.10. The van der Waals surface area contributed by atoms with Crippen molar-refractivity contribution in [2.45, 2.75) is 90.6 Å². The third-order valence-electron chi connectivity index (χ3n) is 5.56. The highest BCUT2D eigenvalue weighted by molar-refractivity contribution is 5.39. The number of hydrogen-bond acceptors (Lipinski definition) is 1. The molecule has 0 amide bonds. The van der Waals surface area contributed by atoms with Crippen LogP contribution < -0.4 is 0 Å². The molecule has 144 valence electrons. The Hall–Kier alpha value is -1.33. The summed E-state index contributed by atoms with van der Waals surface area (Å²) >= 11 is 0. The molecular formula is C24H35FO. The SMILES string of the molecule is CCCCCC1CCC(CCc2ccc(C#CC(C)(C)O)c(F)c2)CC1. The van der Waals surface area contributed by atoms with Crippen molar-refractivity contribution in [3.8, 4) is 11.8 Å². The van der Waals surface area contributed by atoms with Gasteiger partial charge in [-0.3, -0.25) is 0 Å². The zero-order chi connectivity index (χ0) is 19.0. The lowest BCUT2D eigenvalue weighted by Crippen LogP contribution is -2.15. The van der Waals surface area contributed by atoms with E-state index in [0.717, 1.165) is 30.2 Å². The molecule has 1 aliphatic rings. The van der Waals surface area contributed by atoms with Gasteiger partial charge in [0.1, 0.15) is 11.4 Å². The quantitative estimate of drug-likeness (QED) is 0.450. The van der Waals surface area contributed by atoms with Crippen LogP contribution in [0.15, 0.2) is 18.2 Å². The lowest BCUT2D eigenvalue weighted by molar-refractivity contribution is 0.143. The molecule has 0 aliphatic heterocycles. The summed E-state index contributed by atoms with van der Waals surface area (Å²) in [6.45, 7) is 5.47. The molecular weight excluding hydrogens is 323 g/mol. The average molecular weight is 359 g/mol. The standard InChI is InChI=1S/C24H35FO/c1-4-5-6-7-19-8-10-20(11-9-19)12-13-21-14-15-22(23(25)18-21)16-17-24(2,3)26/h14-15,18-20,26H,4-13H2,1-3H3. The van der Waals surface area contributed by atoms with Gasteiger partial charge in [-0.25, -0.2) is 4.39 Å². The number of aryl methyl sites for hydroxylation is 1. The van der Waals surface area contributed by atoms with Crippen molar-refractivity contribution in [2.24, 2.45) is 11.8 Å². The second-order valence-corrected chi connectivity index (χ2v) is 8.54. The maximum Gasteiger partial charge on any atom is 0.139 e. The Bertz CT molecular complexity index is 609. The third kappa shape index (κ3) is 7.50. The highest BCUT2D eigenvalue weighted by atomic mass is 19.1. The molecule has 0 atom stereocenters. The van der Waals surface area contributed by atoms with Crippen molar-refractivity contribution in [3.63, 3.8) is 0 Å². The van der Waals surface area contributed by atoms with E-state index in [2.05, 4.69) is 18.8 Å². The van der Waals surface area contributed by atoms with Crippen LogP contribution in [0.1, 0.15) is 89.7 Å². The van der Waals surface area contributed by atoms with Crippen molar-refractivity contribution < 1.29 is 9.50 Å². The predicted molar refractivity (Wildman–Crippen MR) is 107 cm³/mol. The van der Waals surface area contributed by atoms with E-state index in [1.807, 2.05) is 6.07 Å². The van der Waals surface area contributed by atoms with E-state index in [4.69, 9.17) is 0 Å². The van der Waals surface area contributed by atoms with Crippen LogP contribution in [0.4, 0.5) is 4.39 Å². The van der Waals surface area contributed by atoms with Gasteiger partial charge < -0.3 is 5.11 Å². The van der Waals surface area contributed by atoms with Gasteiger partial charge in [0.15, 0.2) is 0 Å². The van der Waals surface area contributed by atoms with E-state index in [1.54, 1.807) is 26.0 Å². The van der Waals surface area contributed by atoms with Gasteiger partial charge in [-0.1, -0.05) is 76.2 Å². The number of hydrogen-bond donors (Lipinski definition) is 1. The lowest BCUT2D eigenvalue weighted by atomic mass is 9.78. The molecule has 0 radical (unpaired) electrons. The van der Waals surface area contributed by atoms with Crippen LogP contribution in [0.3, 0.4) is 0 Å². The van der Waals surface area contributed by atoms with Gasteiger partial charge in [-0.15, -0.1) is 0 Å². The first-order valence-electron chi connectivity index (χ1n) is 10.4. The van der Waals surface area contributed by atoms with E-state index in [9.17, 15) is 9.50 Å². The van der Waals surface area contributed by atoms with E-state index in [1.165, 1.54) is 51.4 Å². The zero-order valence-electron chi connectivity index (χ0n) is 16.8. The van der Waals surface area contributed by atoms with Gasteiger partial charge in [0.05, 0.1) is 5.56 Å². The van der Waals surface area contributed by atoms with E-state index < -0.39 is 5.60 Å². The summed E-state index contributed by atoms with van der Waals surface area (Å²) in [5.41, 5.74) is 0.324. The number of aliphatic hydroxyl groups is 1. The summed E-state index contributed by atoms with van der Waals surface area (Å²) in [5.74, 6) is 6.88. The first-order valence-corrected chi connectivity index (χ1v) is 10.4. The van der Waals surface area contributed by atoms with Crippen molar-refractivity contribution in [1.29, 1.82) is 0 Å². The normalized spacial score (nSPS) is 20.5. The van der Waals surface area contributed by atoms with Crippen LogP contribution in [-0.2, 0) is 6.42 Å². The molecule has 0 unspecified atom stereocenters. The molecule has 0 aromatic heterocycles. The highest BCUT2D eigenvalue weighted by Crippen LogP contribution is 2.34. The molecule has 2 rings (SSSR count). The monoisotopic (exact) mass is 358 g/mol.